The first-order valence-corrected chi connectivity index (χ1v) is 6.48. The summed E-state index contributed by atoms with van der Waals surface area (Å²) in [5.41, 5.74) is 1.48. The first kappa shape index (κ1) is 12.8. The molecule has 18 heavy (non-hydrogen) atoms. The SMILES string of the molecule is CN(C)[C@H]1CCC[C@H](Nc2ccc(C#N)nc2)C1. The van der Waals surface area contributed by atoms with Crippen LogP contribution in [-0.4, -0.2) is 36.1 Å². The summed E-state index contributed by atoms with van der Waals surface area (Å²) in [5.74, 6) is 0. The van der Waals surface area contributed by atoms with Gasteiger partial charge in [0.15, 0.2) is 0 Å². The number of nitrogens with zero attached hydrogens (tertiary/aromatic N) is 3. The third-order valence-corrected chi connectivity index (χ3v) is 3.63. The maximum Gasteiger partial charge on any atom is 0.140 e. The summed E-state index contributed by atoms with van der Waals surface area (Å²) in [6.45, 7) is 0. The maximum absolute atomic E-state index is 8.71. The van der Waals surface area contributed by atoms with Crippen molar-refractivity contribution in [3.05, 3.63) is 24.0 Å². The molecule has 1 aromatic heterocycles. The maximum atomic E-state index is 8.71. The summed E-state index contributed by atoms with van der Waals surface area (Å²) >= 11 is 0. The minimum atomic E-state index is 0.468. The van der Waals surface area contributed by atoms with E-state index in [1.165, 1.54) is 25.7 Å². The Hall–Kier alpha value is -1.60. The number of pyridine rings is 1. The Morgan fingerprint density at radius 1 is 1.39 bits per heavy atom. The van der Waals surface area contributed by atoms with E-state index in [4.69, 9.17) is 5.26 Å². The lowest BCUT2D eigenvalue weighted by Gasteiger charge is -2.34. The van der Waals surface area contributed by atoms with Crippen molar-refractivity contribution in [3.8, 4) is 6.07 Å². The van der Waals surface area contributed by atoms with Crippen LogP contribution >= 0.6 is 0 Å². The van der Waals surface area contributed by atoms with Crippen molar-refractivity contribution in [3.63, 3.8) is 0 Å². The standard InChI is InChI=1S/C14H20N4/c1-18(2)14-5-3-4-11(8-14)17-13-7-6-12(9-15)16-10-13/h6-7,10-11,14,17H,3-5,8H2,1-2H3/t11-,14-/m0/s1. The van der Waals surface area contributed by atoms with Crippen LogP contribution < -0.4 is 5.32 Å². The number of nitrogens with one attached hydrogen (secondary N) is 1. The molecule has 1 aromatic rings. The topological polar surface area (TPSA) is 52.0 Å². The Kier molecular flexibility index (Phi) is 4.16. The monoisotopic (exact) mass is 244 g/mol. The second kappa shape index (κ2) is 5.83. The second-order valence-electron chi connectivity index (χ2n) is 5.17. The van der Waals surface area contributed by atoms with Crippen LogP contribution in [-0.2, 0) is 0 Å². The molecular weight excluding hydrogens is 224 g/mol. The van der Waals surface area contributed by atoms with E-state index in [2.05, 4.69) is 29.3 Å². The van der Waals surface area contributed by atoms with Gasteiger partial charge in [0.2, 0.25) is 0 Å². The molecule has 0 bridgehead atoms. The average Bonchev–Trinajstić information content (AvgIpc) is 2.40. The molecule has 0 spiro atoms. The van der Waals surface area contributed by atoms with Gasteiger partial charge in [0.25, 0.3) is 0 Å². The fourth-order valence-electron chi connectivity index (χ4n) is 2.55. The summed E-state index contributed by atoms with van der Waals surface area (Å²) in [6, 6.07) is 6.91. The van der Waals surface area contributed by atoms with Crippen molar-refractivity contribution in [2.24, 2.45) is 0 Å². The van der Waals surface area contributed by atoms with Crippen molar-refractivity contribution in [2.75, 3.05) is 19.4 Å². The summed E-state index contributed by atoms with van der Waals surface area (Å²) in [5, 5.41) is 12.2. The van der Waals surface area contributed by atoms with Crippen molar-refractivity contribution < 1.29 is 0 Å². The van der Waals surface area contributed by atoms with Gasteiger partial charge >= 0.3 is 0 Å². The molecule has 0 aliphatic heterocycles. The Balaban J connectivity index is 1.94. The van der Waals surface area contributed by atoms with Gasteiger partial charge in [0.05, 0.1) is 11.9 Å². The van der Waals surface area contributed by atoms with Gasteiger partial charge in [0.1, 0.15) is 11.8 Å². The molecule has 0 aromatic carbocycles. The molecule has 0 amide bonds. The van der Waals surface area contributed by atoms with Crippen LogP contribution in [0.15, 0.2) is 18.3 Å². The van der Waals surface area contributed by atoms with Crippen LogP contribution in [0, 0.1) is 11.3 Å². The third kappa shape index (κ3) is 3.21. The first-order chi connectivity index (χ1) is 8.69. The predicted molar refractivity (Wildman–Crippen MR) is 72.3 cm³/mol. The molecule has 0 unspecified atom stereocenters. The van der Waals surface area contributed by atoms with E-state index in [9.17, 15) is 0 Å². The molecule has 4 heteroatoms. The number of anilines is 1. The molecule has 1 saturated carbocycles. The van der Waals surface area contributed by atoms with E-state index < -0.39 is 0 Å². The van der Waals surface area contributed by atoms with Crippen LogP contribution in [0.25, 0.3) is 0 Å². The van der Waals surface area contributed by atoms with Gasteiger partial charge in [-0.15, -0.1) is 0 Å². The van der Waals surface area contributed by atoms with Crippen LogP contribution in [0.4, 0.5) is 5.69 Å². The van der Waals surface area contributed by atoms with Crippen molar-refractivity contribution >= 4 is 5.69 Å². The van der Waals surface area contributed by atoms with Gasteiger partial charge in [0, 0.05) is 12.1 Å². The summed E-state index contributed by atoms with van der Waals surface area (Å²) in [6.07, 6.45) is 6.69. The average molecular weight is 244 g/mol. The fraction of sp³-hybridized carbons (Fsp3) is 0.571. The highest BCUT2D eigenvalue weighted by atomic mass is 15.1. The fourth-order valence-corrected chi connectivity index (χ4v) is 2.55. The number of nitriles is 1. The van der Waals surface area contributed by atoms with Crippen LogP contribution in [0.3, 0.4) is 0 Å². The van der Waals surface area contributed by atoms with Gasteiger partial charge in [-0.2, -0.15) is 5.26 Å². The molecule has 96 valence electrons. The molecule has 2 rings (SSSR count). The molecule has 1 aliphatic rings. The quantitative estimate of drug-likeness (QED) is 0.886. The molecule has 0 radical (unpaired) electrons. The van der Waals surface area contributed by atoms with Gasteiger partial charge < -0.3 is 10.2 Å². The van der Waals surface area contributed by atoms with E-state index in [1.807, 2.05) is 12.1 Å². The van der Waals surface area contributed by atoms with Crippen LogP contribution in [0.1, 0.15) is 31.4 Å². The highest BCUT2D eigenvalue weighted by Crippen LogP contribution is 2.24. The number of rotatable bonds is 3. The molecule has 1 heterocycles. The summed E-state index contributed by atoms with van der Waals surface area (Å²) in [7, 11) is 4.30. The molecule has 4 nitrogen and oxygen atoms in total. The predicted octanol–water partition coefficient (Wildman–Crippen LogP) is 2.24. The van der Waals surface area contributed by atoms with Crippen molar-refractivity contribution in [1.82, 2.24) is 9.88 Å². The van der Waals surface area contributed by atoms with E-state index >= 15 is 0 Å². The summed E-state index contributed by atoms with van der Waals surface area (Å²) < 4.78 is 0. The zero-order valence-corrected chi connectivity index (χ0v) is 11.1. The lowest BCUT2D eigenvalue weighted by molar-refractivity contribution is 0.219. The van der Waals surface area contributed by atoms with E-state index in [0.717, 1.165) is 5.69 Å². The van der Waals surface area contributed by atoms with Crippen LogP contribution in [0.2, 0.25) is 0 Å². The Morgan fingerprint density at radius 2 is 2.22 bits per heavy atom. The lowest BCUT2D eigenvalue weighted by atomic mass is 9.90. The molecule has 1 N–H and O–H groups in total. The van der Waals surface area contributed by atoms with E-state index in [0.29, 0.717) is 17.8 Å². The Morgan fingerprint density at radius 3 is 2.83 bits per heavy atom. The number of aromatic nitrogens is 1. The van der Waals surface area contributed by atoms with Gasteiger partial charge in [-0.3, -0.25) is 0 Å². The highest BCUT2D eigenvalue weighted by molar-refractivity contribution is 5.43. The minimum absolute atomic E-state index is 0.468. The third-order valence-electron chi connectivity index (χ3n) is 3.63. The number of hydrogen-bond acceptors (Lipinski definition) is 4. The van der Waals surface area contributed by atoms with E-state index in [1.54, 1.807) is 12.3 Å². The van der Waals surface area contributed by atoms with Crippen LogP contribution in [0.5, 0.6) is 0 Å². The van der Waals surface area contributed by atoms with Gasteiger partial charge in [-0.25, -0.2) is 4.98 Å². The zero-order chi connectivity index (χ0) is 13.0. The molecule has 0 saturated heterocycles. The smallest absolute Gasteiger partial charge is 0.140 e. The molecule has 1 aliphatic carbocycles. The van der Waals surface area contributed by atoms with Crippen molar-refractivity contribution in [2.45, 2.75) is 37.8 Å². The van der Waals surface area contributed by atoms with Gasteiger partial charge in [-0.05, 0) is 51.9 Å². The van der Waals surface area contributed by atoms with E-state index in [-0.39, 0.29) is 0 Å². The highest BCUT2D eigenvalue weighted by Gasteiger charge is 2.23. The zero-order valence-electron chi connectivity index (χ0n) is 11.1. The largest absolute Gasteiger partial charge is 0.381 e. The minimum Gasteiger partial charge on any atom is -0.381 e. The lowest BCUT2D eigenvalue weighted by Crippen LogP contribution is -2.38. The Labute approximate surface area is 109 Å². The van der Waals surface area contributed by atoms with Gasteiger partial charge in [-0.1, -0.05) is 0 Å². The molecular formula is C14H20N4. The molecule has 2 atom stereocenters. The second-order valence-corrected chi connectivity index (χ2v) is 5.17. The first-order valence-electron chi connectivity index (χ1n) is 6.48. The normalized spacial score (nSPS) is 23.7. The van der Waals surface area contributed by atoms with Crippen molar-refractivity contribution in [1.29, 1.82) is 5.26 Å². The number of hydrogen-bond donors (Lipinski definition) is 1. The Bertz CT molecular complexity index is 418. The summed E-state index contributed by atoms with van der Waals surface area (Å²) in [4.78, 5) is 6.39. The molecule has 1 fully saturated rings.